The van der Waals surface area contributed by atoms with Crippen LogP contribution in [-0.2, 0) is 17.8 Å². The van der Waals surface area contributed by atoms with Gasteiger partial charge in [-0.15, -0.1) is 0 Å². The minimum Gasteiger partial charge on any atom is -0.311 e. The van der Waals surface area contributed by atoms with E-state index in [0.29, 0.717) is 18.4 Å². The molecule has 5 heteroatoms. The van der Waals surface area contributed by atoms with Crippen molar-refractivity contribution in [2.45, 2.75) is 52.1 Å². The number of nitrogens with zero attached hydrogens (tertiary/aromatic N) is 3. The molecule has 5 rings (SSSR count). The average Bonchev–Trinajstić information content (AvgIpc) is 3.37. The van der Waals surface area contributed by atoms with Gasteiger partial charge in [-0.25, -0.2) is 4.68 Å². The van der Waals surface area contributed by atoms with Crippen molar-refractivity contribution < 1.29 is 4.79 Å². The highest BCUT2D eigenvalue weighted by Crippen LogP contribution is 2.37. The molecule has 1 aliphatic heterocycles. The van der Waals surface area contributed by atoms with E-state index in [1.807, 2.05) is 10.7 Å². The summed E-state index contributed by atoms with van der Waals surface area (Å²) in [5.41, 5.74) is 7.09. The molecule has 0 spiro atoms. The minimum atomic E-state index is 0.0675. The predicted octanol–water partition coefficient (Wildman–Crippen LogP) is 5.28. The molecule has 0 atom stereocenters. The van der Waals surface area contributed by atoms with E-state index >= 15 is 0 Å². The number of rotatable bonds is 6. The molecular formula is C27H32N4O. The van der Waals surface area contributed by atoms with Gasteiger partial charge >= 0.3 is 0 Å². The number of aromatic nitrogens is 2. The summed E-state index contributed by atoms with van der Waals surface area (Å²) in [6, 6.07) is 18.0. The summed E-state index contributed by atoms with van der Waals surface area (Å²) >= 11 is 0. The van der Waals surface area contributed by atoms with Crippen LogP contribution in [0.3, 0.4) is 0 Å². The Bertz CT molecular complexity index is 1110. The van der Waals surface area contributed by atoms with Crippen LogP contribution in [0, 0.1) is 5.92 Å². The van der Waals surface area contributed by atoms with Crippen LogP contribution >= 0.6 is 0 Å². The summed E-state index contributed by atoms with van der Waals surface area (Å²) in [6.07, 6.45) is 5.47. The zero-order valence-electron chi connectivity index (χ0n) is 19.1. The van der Waals surface area contributed by atoms with Crippen LogP contribution < -0.4 is 5.32 Å². The SMILES string of the molecule is CC(C)CC(=O)Nc1ccnn1C1CCN(Cc2ccc3c(c2)Cc2ccccc2-3)CC1. The van der Waals surface area contributed by atoms with Crippen molar-refractivity contribution in [1.82, 2.24) is 14.7 Å². The number of carbonyl (C=O) groups is 1. The summed E-state index contributed by atoms with van der Waals surface area (Å²) in [5.74, 6) is 1.24. The monoisotopic (exact) mass is 428 g/mol. The number of nitrogens with one attached hydrogen (secondary N) is 1. The van der Waals surface area contributed by atoms with Crippen molar-refractivity contribution in [3.05, 3.63) is 71.4 Å². The Balaban J connectivity index is 1.18. The molecule has 3 aromatic rings. The van der Waals surface area contributed by atoms with E-state index in [-0.39, 0.29) is 5.91 Å². The standard InChI is InChI=1S/C27H32N4O/c1-19(2)15-27(32)29-26-9-12-28-31(26)23-10-13-30(14-11-23)18-20-7-8-25-22(16-20)17-21-5-3-4-6-24(21)25/h3-9,12,16,19,23H,10-11,13-15,17-18H2,1-2H3,(H,29,32). The molecule has 1 saturated heterocycles. The van der Waals surface area contributed by atoms with Gasteiger partial charge in [0.25, 0.3) is 0 Å². The molecule has 2 aliphatic rings. The molecule has 0 unspecified atom stereocenters. The number of benzene rings is 2. The van der Waals surface area contributed by atoms with Crippen LogP contribution in [0.4, 0.5) is 5.82 Å². The van der Waals surface area contributed by atoms with Crippen molar-refractivity contribution in [1.29, 1.82) is 0 Å². The van der Waals surface area contributed by atoms with Gasteiger partial charge in [-0.3, -0.25) is 9.69 Å². The van der Waals surface area contributed by atoms with Crippen LogP contribution in [0.5, 0.6) is 0 Å². The van der Waals surface area contributed by atoms with Gasteiger partial charge in [-0.05, 0) is 53.0 Å². The van der Waals surface area contributed by atoms with Crippen LogP contribution in [-0.4, -0.2) is 33.7 Å². The first-order chi connectivity index (χ1) is 15.6. The van der Waals surface area contributed by atoms with E-state index in [1.54, 1.807) is 6.20 Å². The fourth-order valence-electron chi connectivity index (χ4n) is 5.15. The van der Waals surface area contributed by atoms with Crippen LogP contribution in [0.2, 0.25) is 0 Å². The van der Waals surface area contributed by atoms with E-state index in [9.17, 15) is 4.79 Å². The number of carbonyl (C=O) groups excluding carboxylic acids is 1. The summed E-state index contributed by atoms with van der Waals surface area (Å²) in [7, 11) is 0. The molecule has 5 nitrogen and oxygen atoms in total. The minimum absolute atomic E-state index is 0.0675. The largest absolute Gasteiger partial charge is 0.311 e. The Kier molecular flexibility index (Phi) is 5.83. The highest BCUT2D eigenvalue weighted by atomic mass is 16.1. The van der Waals surface area contributed by atoms with E-state index in [1.165, 1.54) is 27.8 Å². The van der Waals surface area contributed by atoms with E-state index in [4.69, 9.17) is 0 Å². The van der Waals surface area contributed by atoms with Crippen molar-refractivity contribution in [3.8, 4) is 11.1 Å². The zero-order valence-corrected chi connectivity index (χ0v) is 19.1. The summed E-state index contributed by atoms with van der Waals surface area (Å²) in [6.45, 7) is 7.20. The number of likely N-dealkylation sites (tertiary alicyclic amines) is 1. The first-order valence-corrected chi connectivity index (χ1v) is 11.8. The first-order valence-electron chi connectivity index (χ1n) is 11.8. The molecule has 1 aromatic heterocycles. The van der Waals surface area contributed by atoms with Crippen LogP contribution in [0.1, 0.15) is 55.8 Å². The fraction of sp³-hybridized carbons (Fsp3) is 0.407. The molecule has 0 radical (unpaired) electrons. The highest BCUT2D eigenvalue weighted by molar-refractivity contribution is 5.89. The van der Waals surface area contributed by atoms with E-state index in [2.05, 4.69) is 71.6 Å². The molecule has 0 bridgehead atoms. The average molecular weight is 429 g/mol. The number of fused-ring (bicyclic) bond motifs is 3. The molecule has 32 heavy (non-hydrogen) atoms. The van der Waals surface area contributed by atoms with E-state index in [0.717, 1.165) is 44.7 Å². The third kappa shape index (κ3) is 4.35. The quantitative estimate of drug-likeness (QED) is 0.455. The molecule has 2 heterocycles. The Labute approximate surface area is 190 Å². The third-order valence-corrected chi connectivity index (χ3v) is 6.70. The number of hydrogen-bond donors (Lipinski definition) is 1. The Morgan fingerprint density at radius 1 is 1.06 bits per heavy atom. The van der Waals surface area contributed by atoms with E-state index < -0.39 is 0 Å². The Morgan fingerprint density at radius 3 is 2.66 bits per heavy atom. The van der Waals surface area contributed by atoms with Gasteiger partial charge < -0.3 is 5.32 Å². The van der Waals surface area contributed by atoms with Gasteiger partial charge in [0.05, 0.1) is 12.2 Å². The Morgan fingerprint density at radius 2 is 1.84 bits per heavy atom. The molecule has 1 aliphatic carbocycles. The smallest absolute Gasteiger partial charge is 0.225 e. The summed E-state index contributed by atoms with van der Waals surface area (Å²) in [4.78, 5) is 14.7. The van der Waals surface area contributed by atoms with Crippen LogP contribution in [0.25, 0.3) is 11.1 Å². The third-order valence-electron chi connectivity index (χ3n) is 6.70. The maximum Gasteiger partial charge on any atom is 0.225 e. The van der Waals surface area contributed by atoms with Gasteiger partial charge in [-0.1, -0.05) is 56.3 Å². The number of amides is 1. The molecule has 2 aromatic carbocycles. The van der Waals surface area contributed by atoms with Gasteiger partial charge in [-0.2, -0.15) is 5.10 Å². The fourth-order valence-corrected chi connectivity index (χ4v) is 5.15. The molecule has 0 saturated carbocycles. The highest BCUT2D eigenvalue weighted by Gasteiger charge is 2.24. The van der Waals surface area contributed by atoms with Gasteiger partial charge in [0.1, 0.15) is 5.82 Å². The summed E-state index contributed by atoms with van der Waals surface area (Å²) in [5, 5.41) is 7.57. The van der Waals surface area contributed by atoms with Gasteiger partial charge in [0.2, 0.25) is 5.91 Å². The summed E-state index contributed by atoms with van der Waals surface area (Å²) < 4.78 is 2.02. The van der Waals surface area contributed by atoms with Gasteiger partial charge in [0.15, 0.2) is 0 Å². The van der Waals surface area contributed by atoms with Crippen molar-refractivity contribution in [3.63, 3.8) is 0 Å². The number of hydrogen-bond acceptors (Lipinski definition) is 3. The second kappa shape index (κ2) is 8.91. The molecule has 1 N–H and O–H groups in total. The second-order valence-corrected chi connectivity index (χ2v) is 9.64. The topological polar surface area (TPSA) is 50.2 Å². The maximum absolute atomic E-state index is 12.2. The number of anilines is 1. The van der Waals surface area contributed by atoms with Crippen molar-refractivity contribution in [2.24, 2.45) is 5.92 Å². The normalized spacial score (nSPS) is 16.2. The Hall–Kier alpha value is -2.92. The lowest BCUT2D eigenvalue weighted by Gasteiger charge is -2.32. The van der Waals surface area contributed by atoms with Gasteiger partial charge in [0, 0.05) is 32.1 Å². The first kappa shape index (κ1) is 21.0. The molecule has 166 valence electrons. The molecule has 1 amide bonds. The number of piperidine rings is 1. The maximum atomic E-state index is 12.2. The van der Waals surface area contributed by atoms with Crippen LogP contribution in [0.15, 0.2) is 54.7 Å². The zero-order chi connectivity index (χ0) is 22.1. The lowest BCUT2D eigenvalue weighted by atomic mass is 10.0. The predicted molar refractivity (Wildman–Crippen MR) is 129 cm³/mol. The second-order valence-electron chi connectivity index (χ2n) is 9.64. The van der Waals surface area contributed by atoms with Crippen molar-refractivity contribution >= 4 is 11.7 Å². The lowest BCUT2D eigenvalue weighted by Crippen LogP contribution is -2.35. The van der Waals surface area contributed by atoms with Crippen molar-refractivity contribution in [2.75, 3.05) is 18.4 Å². The molecule has 1 fully saturated rings. The molecular weight excluding hydrogens is 396 g/mol. The lowest BCUT2D eigenvalue weighted by molar-refractivity contribution is -0.116.